The molecule has 0 fully saturated rings. The molecule has 0 saturated carbocycles. The van der Waals surface area contributed by atoms with Crippen molar-refractivity contribution in [2.75, 3.05) is 11.5 Å². The lowest BCUT2D eigenvalue weighted by atomic mass is 10.9. The Morgan fingerprint density at radius 2 is 2.00 bits per heavy atom. The van der Waals surface area contributed by atoms with Gasteiger partial charge in [-0.1, -0.05) is 6.92 Å². The van der Waals surface area contributed by atoms with Crippen molar-refractivity contribution in [3.63, 3.8) is 0 Å². The number of sulfone groups is 1. The van der Waals surface area contributed by atoms with Crippen LogP contribution in [-0.2, 0) is 14.6 Å². The summed E-state index contributed by atoms with van der Waals surface area (Å²) in [6.45, 7) is 1.51. The van der Waals surface area contributed by atoms with Gasteiger partial charge < -0.3 is 0 Å². The monoisotopic (exact) mass is 214 g/mol. The fraction of sp³-hybridized carbons (Fsp3) is 0.750. The molecular formula is C4H7BrO3S. The molecule has 9 heavy (non-hydrogen) atoms. The van der Waals surface area contributed by atoms with E-state index in [4.69, 9.17) is 0 Å². The van der Waals surface area contributed by atoms with Crippen LogP contribution >= 0.6 is 15.9 Å². The number of halogens is 1. The van der Waals surface area contributed by atoms with Crippen LogP contribution in [0.25, 0.3) is 0 Å². The van der Waals surface area contributed by atoms with Gasteiger partial charge in [0.25, 0.3) is 0 Å². The predicted molar refractivity (Wildman–Crippen MR) is 38.3 cm³/mol. The minimum Gasteiger partial charge on any atom is -0.286 e. The van der Waals surface area contributed by atoms with Gasteiger partial charge >= 0.3 is 0 Å². The standard InChI is InChI=1S/C4H7BrO3S/c1-2-9(7,8)3-4(5)6/h2-3H2,1H3. The van der Waals surface area contributed by atoms with Crippen molar-refractivity contribution < 1.29 is 13.2 Å². The van der Waals surface area contributed by atoms with E-state index in [-0.39, 0.29) is 5.75 Å². The highest BCUT2D eigenvalue weighted by molar-refractivity contribution is 9.18. The molecule has 0 aromatic rings. The van der Waals surface area contributed by atoms with E-state index < -0.39 is 20.3 Å². The van der Waals surface area contributed by atoms with Crippen molar-refractivity contribution in [1.82, 2.24) is 0 Å². The first kappa shape index (κ1) is 9.10. The molecule has 0 N–H and O–H groups in total. The third-order valence-electron chi connectivity index (χ3n) is 0.773. The second-order valence-electron chi connectivity index (χ2n) is 1.53. The lowest BCUT2D eigenvalue weighted by Gasteiger charge is -1.92. The van der Waals surface area contributed by atoms with Gasteiger partial charge in [-0.05, 0) is 15.9 Å². The lowest BCUT2D eigenvalue weighted by Crippen LogP contribution is -2.12. The van der Waals surface area contributed by atoms with Gasteiger partial charge in [-0.2, -0.15) is 0 Å². The van der Waals surface area contributed by atoms with Crippen LogP contribution in [0.5, 0.6) is 0 Å². The summed E-state index contributed by atoms with van der Waals surface area (Å²) in [5, 5.41) is 0. The average Bonchev–Trinajstić information content (AvgIpc) is 1.63. The predicted octanol–water partition coefficient (Wildman–Crippen LogP) is 0.343. The van der Waals surface area contributed by atoms with Gasteiger partial charge in [0.2, 0.25) is 4.69 Å². The van der Waals surface area contributed by atoms with Crippen LogP contribution < -0.4 is 0 Å². The first-order valence-electron chi connectivity index (χ1n) is 2.36. The molecule has 54 valence electrons. The highest BCUT2D eigenvalue weighted by Gasteiger charge is 2.10. The average molecular weight is 215 g/mol. The van der Waals surface area contributed by atoms with Crippen molar-refractivity contribution in [1.29, 1.82) is 0 Å². The molecule has 0 aliphatic carbocycles. The molecule has 0 unspecified atom stereocenters. The van der Waals surface area contributed by atoms with E-state index in [1.165, 1.54) is 6.92 Å². The van der Waals surface area contributed by atoms with Crippen LogP contribution in [0.1, 0.15) is 6.92 Å². The number of carbonyl (C=O) groups is 1. The van der Waals surface area contributed by atoms with E-state index in [9.17, 15) is 13.2 Å². The Morgan fingerprint density at radius 3 is 2.11 bits per heavy atom. The Bertz CT molecular complexity index is 194. The Labute approximate surface area is 62.5 Å². The first-order chi connectivity index (χ1) is 3.98. The van der Waals surface area contributed by atoms with E-state index in [1.54, 1.807) is 0 Å². The fourth-order valence-corrected chi connectivity index (χ4v) is 1.87. The summed E-state index contributed by atoms with van der Waals surface area (Å²) in [5.41, 5.74) is 0. The third-order valence-corrected chi connectivity index (χ3v) is 3.01. The number of hydrogen-bond donors (Lipinski definition) is 0. The quantitative estimate of drug-likeness (QED) is 0.638. The largest absolute Gasteiger partial charge is 0.286 e. The number of carbonyl (C=O) groups excluding carboxylic acids is 1. The number of hydrogen-bond acceptors (Lipinski definition) is 3. The Kier molecular flexibility index (Phi) is 3.35. The molecule has 0 aromatic heterocycles. The van der Waals surface area contributed by atoms with Crippen LogP contribution in [0.3, 0.4) is 0 Å². The summed E-state index contributed by atoms with van der Waals surface area (Å²) in [5.74, 6) is -0.381. The minimum atomic E-state index is -3.12. The third kappa shape index (κ3) is 4.59. The fourth-order valence-electron chi connectivity index (χ4n) is 0.275. The van der Waals surface area contributed by atoms with Crippen LogP contribution in [-0.4, -0.2) is 24.6 Å². The Hall–Kier alpha value is 0.1000. The number of rotatable bonds is 3. The van der Waals surface area contributed by atoms with Crippen molar-refractivity contribution >= 4 is 30.5 Å². The molecule has 5 heteroatoms. The van der Waals surface area contributed by atoms with Crippen molar-refractivity contribution in [3.8, 4) is 0 Å². The molecule has 0 aromatic carbocycles. The molecule has 0 bridgehead atoms. The summed E-state index contributed by atoms with van der Waals surface area (Å²) >= 11 is 2.53. The summed E-state index contributed by atoms with van der Waals surface area (Å²) in [6, 6.07) is 0. The molecule has 0 rings (SSSR count). The van der Waals surface area contributed by atoms with Gasteiger partial charge in [0.15, 0.2) is 9.84 Å². The normalized spacial score (nSPS) is 11.3. The van der Waals surface area contributed by atoms with Gasteiger partial charge in [0.05, 0.1) is 0 Å². The molecule has 0 saturated heterocycles. The molecule has 0 radical (unpaired) electrons. The zero-order valence-corrected chi connectivity index (χ0v) is 7.33. The Balaban J connectivity index is 4.06. The topological polar surface area (TPSA) is 51.2 Å². The zero-order valence-electron chi connectivity index (χ0n) is 4.93. The zero-order chi connectivity index (χ0) is 7.49. The van der Waals surface area contributed by atoms with Gasteiger partial charge in [0.1, 0.15) is 5.75 Å². The molecule has 0 spiro atoms. The maximum Gasteiger partial charge on any atom is 0.212 e. The van der Waals surface area contributed by atoms with Gasteiger partial charge in [0, 0.05) is 5.75 Å². The smallest absolute Gasteiger partial charge is 0.212 e. The molecule has 3 nitrogen and oxygen atoms in total. The highest BCUT2D eigenvalue weighted by atomic mass is 79.9. The van der Waals surface area contributed by atoms with Crippen LogP contribution in [0.4, 0.5) is 0 Å². The maximum absolute atomic E-state index is 10.6. The van der Waals surface area contributed by atoms with E-state index in [0.717, 1.165) is 0 Å². The van der Waals surface area contributed by atoms with Crippen molar-refractivity contribution in [3.05, 3.63) is 0 Å². The molecule has 0 atom stereocenters. The second kappa shape index (κ2) is 3.31. The molecule has 0 heterocycles. The van der Waals surface area contributed by atoms with E-state index in [2.05, 4.69) is 15.9 Å². The molecular weight excluding hydrogens is 208 g/mol. The summed E-state index contributed by atoms with van der Waals surface area (Å²) < 4.78 is 20.6. The second-order valence-corrected chi connectivity index (χ2v) is 4.77. The SMILES string of the molecule is CCS(=O)(=O)CC(=O)Br. The summed E-state index contributed by atoms with van der Waals surface area (Å²) in [4.78, 5) is 10.2. The van der Waals surface area contributed by atoms with E-state index >= 15 is 0 Å². The molecule has 0 aliphatic heterocycles. The van der Waals surface area contributed by atoms with Crippen LogP contribution in [0, 0.1) is 0 Å². The first-order valence-corrected chi connectivity index (χ1v) is 4.98. The van der Waals surface area contributed by atoms with Gasteiger partial charge in [-0.15, -0.1) is 0 Å². The Morgan fingerprint density at radius 1 is 1.56 bits per heavy atom. The van der Waals surface area contributed by atoms with Gasteiger partial charge in [-0.3, -0.25) is 4.79 Å². The summed E-state index contributed by atoms with van der Waals surface area (Å²) in [7, 11) is -3.12. The van der Waals surface area contributed by atoms with E-state index in [1.807, 2.05) is 0 Å². The van der Waals surface area contributed by atoms with Gasteiger partial charge in [-0.25, -0.2) is 8.42 Å². The van der Waals surface area contributed by atoms with Crippen LogP contribution in [0.2, 0.25) is 0 Å². The molecule has 0 amide bonds. The summed E-state index contributed by atoms with van der Waals surface area (Å²) in [6.07, 6.45) is 0. The maximum atomic E-state index is 10.6. The lowest BCUT2D eigenvalue weighted by molar-refractivity contribution is -0.108. The molecule has 0 aliphatic rings. The van der Waals surface area contributed by atoms with Crippen LogP contribution in [0.15, 0.2) is 0 Å². The van der Waals surface area contributed by atoms with E-state index in [0.29, 0.717) is 0 Å². The van der Waals surface area contributed by atoms with Crippen molar-refractivity contribution in [2.24, 2.45) is 0 Å². The van der Waals surface area contributed by atoms with Crippen molar-refractivity contribution in [2.45, 2.75) is 6.92 Å². The highest BCUT2D eigenvalue weighted by Crippen LogP contribution is 1.93. The minimum absolute atomic E-state index is 0.0182.